The van der Waals surface area contributed by atoms with Gasteiger partial charge in [-0.25, -0.2) is 9.97 Å². The minimum absolute atomic E-state index is 0.723. The lowest BCUT2D eigenvalue weighted by Crippen LogP contribution is -2.30. The fourth-order valence-corrected chi connectivity index (χ4v) is 2.23. The van der Waals surface area contributed by atoms with Gasteiger partial charge in [-0.15, -0.1) is 0 Å². The summed E-state index contributed by atoms with van der Waals surface area (Å²) in [6.07, 6.45) is 6.74. The lowest BCUT2D eigenvalue weighted by Gasteiger charge is -2.27. The number of nitrogens with one attached hydrogen (secondary N) is 1. The molecular weight excluding hydrogens is 224 g/mol. The fourth-order valence-electron chi connectivity index (χ4n) is 2.23. The van der Waals surface area contributed by atoms with Crippen LogP contribution in [0, 0.1) is 5.92 Å². The van der Waals surface area contributed by atoms with E-state index in [9.17, 15) is 0 Å². The molecule has 1 aromatic heterocycles. The van der Waals surface area contributed by atoms with E-state index in [2.05, 4.69) is 40.1 Å². The SMILES string of the molecule is CC(C)CCNc1cc(N2CCCCC2)ncn1. The third kappa shape index (κ3) is 3.86. The molecule has 0 amide bonds. The second-order valence-corrected chi connectivity index (χ2v) is 5.42. The van der Waals surface area contributed by atoms with Crippen LogP contribution in [0.25, 0.3) is 0 Å². The molecule has 0 saturated carbocycles. The van der Waals surface area contributed by atoms with Gasteiger partial charge in [-0.05, 0) is 31.6 Å². The van der Waals surface area contributed by atoms with E-state index in [1.54, 1.807) is 6.33 Å². The van der Waals surface area contributed by atoms with Crippen molar-refractivity contribution in [1.82, 2.24) is 9.97 Å². The summed E-state index contributed by atoms with van der Waals surface area (Å²) in [5.74, 6) is 2.74. The van der Waals surface area contributed by atoms with E-state index in [-0.39, 0.29) is 0 Å². The summed E-state index contributed by atoms with van der Waals surface area (Å²) >= 11 is 0. The van der Waals surface area contributed by atoms with E-state index in [1.165, 1.54) is 25.7 Å². The number of anilines is 2. The number of nitrogens with zero attached hydrogens (tertiary/aromatic N) is 3. The summed E-state index contributed by atoms with van der Waals surface area (Å²) in [4.78, 5) is 11.0. The van der Waals surface area contributed by atoms with Crippen LogP contribution in [0.5, 0.6) is 0 Å². The lowest BCUT2D eigenvalue weighted by molar-refractivity contribution is 0.573. The first-order chi connectivity index (χ1) is 8.75. The van der Waals surface area contributed by atoms with Crippen molar-refractivity contribution >= 4 is 11.6 Å². The van der Waals surface area contributed by atoms with Crippen molar-refractivity contribution in [3.05, 3.63) is 12.4 Å². The van der Waals surface area contributed by atoms with Crippen LogP contribution in [0.4, 0.5) is 11.6 Å². The molecule has 0 unspecified atom stereocenters. The van der Waals surface area contributed by atoms with Gasteiger partial charge < -0.3 is 10.2 Å². The maximum Gasteiger partial charge on any atom is 0.134 e. The van der Waals surface area contributed by atoms with E-state index in [1.807, 2.05) is 0 Å². The molecule has 1 aromatic rings. The summed E-state index contributed by atoms with van der Waals surface area (Å²) in [7, 11) is 0. The number of aromatic nitrogens is 2. The zero-order valence-corrected chi connectivity index (χ0v) is 11.5. The van der Waals surface area contributed by atoms with Gasteiger partial charge in [-0.1, -0.05) is 13.8 Å². The largest absolute Gasteiger partial charge is 0.370 e. The summed E-state index contributed by atoms with van der Waals surface area (Å²) < 4.78 is 0. The average molecular weight is 248 g/mol. The molecule has 100 valence electrons. The van der Waals surface area contributed by atoms with Gasteiger partial charge in [0.25, 0.3) is 0 Å². The average Bonchev–Trinajstić information content (AvgIpc) is 2.40. The maximum atomic E-state index is 4.38. The smallest absolute Gasteiger partial charge is 0.134 e. The van der Waals surface area contributed by atoms with Crippen molar-refractivity contribution in [1.29, 1.82) is 0 Å². The van der Waals surface area contributed by atoms with E-state index in [0.29, 0.717) is 0 Å². The molecule has 4 nitrogen and oxygen atoms in total. The highest BCUT2D eigenvalue weighted by Crippen LogP contribution is 2.19. The normalized spacial score (nSPS) is 16.1. The molecule has 0 aliphatic carbocycles. The highest BCUT2D eigenvalue weighted by molar-refractivity contribution is 5.48. The molecule has 1 aliphatic rings. The topological polar surface area (TPSA) is 41.0 Å². The number of piperidine rings is 1. The summed E-state index contributed by atoms with van der Waals surface area (Å²) in [5, 5.41) is 3.38. The van der Waals surface area contributed by atoms with Gasteiger partial charge in [0.05, 0.1) is 0 Å². The van der Waals surface area contributed by atoms with Gasteiger partial charge in [0.2, 0.25) is 0 Å². The van der Waals surface area contributed by atoms with Crippen LogP contribution in [0.15, 0.2) is 12.4 Å². The van der Waals surface area contributed by atoms with E-state index >= 15 is 0 Å². The van der Waals surface area contributed by atoms with Crippen LogP contribution in [0.1, 0.15) is 39.5 Å². The third-order valence-corrected chi connectivity index (χ3v) is 3.36. The van der Waals surface area contributed by atoms with E-state index < -0.39 is 0 Å². The predicted octanol–water partition coefficient (Wildman–Crippen LogP) is 2.92. The Labute approximate surface area is 110 Å². The molecular formula is C14H24N4. The van der Waals surface area contributed by atoms with Crippen molar-refractivity contribution in [3.63, 3.8) is 0 Å². The Morgan fingerprint density at radius 2 is 2.00 bits per heavy atom. The first-order valence-corrected chi connectivity index (χ1v) is 7.06. The van der Waals surface area contributed by atoms with Crippen LogP contribution >= 0.6 is 0 Å². The molecule has 0 atom stereocenters. The summed E-state index contributed by atoms with van der Waals surface area (Å²) in [6.45, 7) is 7.71. The van der Waals surface area contributed by atoms with Crippen molar-refractivity contribution in [2.45, 2.75) is 39.5 Å². The Balaban J connectivity index is 1.91. The Bertz CT molecular complexity index is 359. The lowest BCUT2D eigenvalue weighted by atomic mass is 10.1. The number of hydrogen-bond acceptors (Lipinski definition) is 4. The molecule has 4 heteroatoms. The Hall–Kier alpha value is -1.32. The van der Waals surface area contributed by atoms with Crippen molar-refractivity contribution in [2.75, 3.05) is 29.9 Å². The van der Waals surface area contributed by atoms with Gasteiger partial charge in [-0.2, -0.15) is 0 Å². The predicted molar refractivity (Wildman–Crippen MR) is 76.0 cm³/mol. The molecule has 1 fully saturated rings. The highest BCUT2D eigenvalue weighted by Gasteiger charge is 2.12. The molecule has 1 aliphatic heterocycles. The Morgan fingerprint density at radius 1 is 1.22 bits per heavy atom. The molecule has 1 N–H and O–H groups in total. The van der Waals surface area contributed by atoms with Gasteiger partial charge in [0, 0.05) is 25.7 Å². The van der Waals surface area contributed by atoms with E-state index in [0.717, 1.165) is 37.2 Å². The zero-order valence-electron chi connectivity index (χ0n) is 11.5. The van der Waals surface area contributed by atoms with Gasteiger partial charge in [-0.3, -0.25) is 0 Å². The molecule has 0 bridgehead atoms. The first kappa shape index (κ1) is 13.1. The monoisotopic (exact) mass is 248 g/mol. The molecule has 0 spiro atoms. The van der Waals surface area contributed by atoms with Gasteiger partial charge in [0.15, 0.2) is 0 Å². The molecule has 2 heterocycles. The molecule has 0 radical (unpaired) electrons. The molecule has 18 heavy (non-hydrogen) atoms. The number of rotatable bonds is 5. The molecule has 2 rings (SSSR count). The first-order valence-electron chi connectivity index (χ1n) is 7.06. The standard InChI is InChI=1S/C14H24N4/c1-12(2)6-7-15-13-10-14(17-11-16-13)18-8-4-3-5-9-18/h10-12H,3-9H2,1-2H3,(H,15,16,17). The Kier molecular flexibility index (Phi) is 4.79. The minimum atomic E-state index is 0.723. The fraction of sp³-hybridized carbons (Fsp3) is 0.714. The highest BCUT2D eigenvalue weighted by atomic mass is 15.2. The molecule has 0 aromatic carbocycles. The van der Waals surface area contributed by atoms with Gasteiger partial charge in [0.1, 0.15) is 18.0 Å². The maximum absolute atomic E-state index is 4.38. The van der Waals surface area contributed by atoms with E-state index in [4.69, 9.17) is 0 Å². The van der Waals surface area contributed by atoms with Crippen LogP contribution in [0.3, 0.4) is 0 Å². The van der Waals surface area contributed by atoms with Crippen LogP contribution in [0.2, 0.25) is 0 Å². The van der Waals surface area contributed by atoms with Crippen molar-refractivity contribution in [3.8, 4) is 0 Å². The van der Waals surface area contributed by atoms with Crippen LogP contribution in [-0.4, -0.2) is 29.6 Å². The Morgan fingerprint density at radius 3 is 2.72 bits per heavy atom. The van der Waals surface area contributed by atoms with Crippen LogP contribution < -0.4 is 10.2 Å². The quantitative estimate of drug-likeness (QED) is 0.870. The van der Waals surface area contributed by atoms with Crippen LogP contribution in [-0.2, 0) is 0 Å². The summed E-state index contributed by atoms with van der Waals surface area (Å²) in [5.41, 5.74) is 0. The number of hydrogen-bond donors (Lipinski definition) is 1. The second-order valence-electron chi connectivity index (χ2n) is 5.42. The molecule has 1 saturated heterocycles. The second kappa shape index (κ2) is 6.57. The third-order valence-electron chi connectivity index (χ3n) is 3.36. The minimum Gasteiger partial charge on any atom is -0.370 e. The van der Waals surface area contributed by atoms with Gasteiger partial charge >= 0.3 is 0 Å². The van der Waals surface area contributed by atoms with Crippen molar-refractivity contribution < 1.29 is 0 Å². The zero-order chi connectivity index (χ0) is 12.8. The van der Waals surface area contributed by atoms with Crippen molar-refractivity contribution in [2.24, 2.45) is 5.92 Å². The summed E-state index contributed by atoms with van der Waals surface area (Å²) in [6, 6.07) is 2.08.